The molecule has 0 atom stereocenters. The average molecular weight is 250 g/mol. The highest BCUT2D eigenvalue weighted by molar-refractivity contribution is 5.77. The topological polar surface area (TPSA) is 72.3 Å². The first-order valence-electron chi connectivity index (χ1n) is 5.93. The minimum atomic E-state index is 0.588. The summed E-state index contributed by atoms with van der Waals surface area (Å²) in [6, 6.07) is 7.89. The van der Waals surface area contributed by atoms with Gasteiger partial charge in [-0.2, -0.15) is 4.98 Å². The van der Waals surface area contributed by atoms with Crippen molar-refractivity contribution in [1.82, 2.24) is 29.5 Å². The van der Waals surface area contributed by atoms with E-state index in [0.717, 1.165) is 28.0 Å². The zero-order valence-corrected chi connectivity index (χ0v) is 10.2. The van der Waals surface area contributed by atoms with Crippen LogP contribution in [0.3, 0.4) is 0 Å². The Kier molecular flexibility index (Phi) is 1.94. The van der Waals surface area contributed by atoms with E-state index in [1.54, 1.807) is 12.5 Å². The normalized spacial score (nSPS) is 11.4. The summed E-state index contributed by atoms with van der Waals surface area (Å²) in [5.74, 6) is 1.42. The molecule has 3 aromatic heterocycles. The van der Waals surface area contributed by atoms with Crippen molar-refractivity contribution in [3.63, 3.8) is 0 Å². The fraction of sp³-hybridized carbons (Fsp3) is 0.0769. The molecule has 0 saturated carbocycles. The lowest BCUT2D eigenvalue weighted by atomic mass is 10.3. The smallest absolute Gasteiger partial charge is 0.237 e. The highest BCUT2D eigenvalue weighted by Crippen LogP contribution is 2.16. The lowest BCUT2D eigenvalue weighted by Crippen LogP contribution is -1.99. The molecule has 1 N–H and O–H groups in total. The van der Waals surface area contributed by atoms with Gasteiger partial charge in [0.15, 0.2) is 5.65 Å². The number of imidazole rings is 2. The first kappa shape index (κ1) is 10.2. The van der Waals surface area contributed by atoms with Gasteiger partial charge in [0, 0.05) is 0 Å². The van der Waals surface area contributed by atoms with E-state index in [1.807, 2.05) is 35.8 Å². The molecule has 1 aromatic carbocycles. The van der Waals surface area contributed by atoms with Crippen LogP contribution in [0.4, 0.5) is 0 Å². The number of rotatable bonds is 1. The number of para-hydroxylation sites is 2. The number of nitrogens with zero attached hydrogens (tertiary/aromatic N) is 5. The predicted molar refractivity (Wildman–Crippen MR) is 71.0 cm³/mol. The maximum Gasteiger partial charge on any atom is 0.237 e. The van der Waals surface area contributed by atoms with Gasteiger partial charge < -0.3 is 4.98 Å². The molecule has 0 saturated heterocycles. The molecule has 0 aliphatic heterocycles. The van der Waals surface area contributed by atoms with Crippen LogP contribution < -0.4 is 0 Å². The van der Waals surface area contributed by atoms with Crippen molar-refractivity contribution in [2.75, 3.05) is 0 Å². The van der Waals surface area contributed by atoms with Crippen LogP contribution >= 0.6 is 0 Å². The van der Waals surface area contributed by atoms with Gasteiger partial charge in [0.05, 0.1) is 17.2 Å². The summed E-state index contributed by atoms with van der Waals surface area (Å²) in [5.41, 5.74) is 3.41. The SMILES string of the molecule is Cc1nc2cnc(-n3cnc4ccccc43)nc2[nH]1. The quantitative estimate of drug-likeness (QED) is 0.560. The summed E-state index contributed by atoms with van der Waals surface area (Å²) in [7, 11) is 0. The van der Waals surface area contributed by atoms with Crippen LogP contribution in [-0.4, -0.2) is 29.5 Å². The van der Waals surface area contributed by atoms with Crippen LogP contribution in [0.2, 0.25) is 0 Å². The van der Waals surface area contributed by atoms with Gasteiger partial charge in [0.25, 0.3) is 0 Å². The average Bonchev–Trinajstić information content (AvgIpc) is 2.99. The fourth-order valence-corrected chi connectivity index (χ4v) is 2.15. The van der Waals surface area contributed by atoms with Gasteiger partial charge >= 0.3 is 0 Å². The van der Waals surface area contributed by atoms with Gasteiger partial charge in [-0.1, -0.05) is 12.1 Å². The molecule has 0 aliphatic carbocycles. The highest BCUT2D eigenvalue weighted by Gasteiger charge is 2.08. The number of aromatic nitrogens is 6. The molecule has 92 valence electrons. The van der Waals surface area contributed by atoms with Crippen LogP contribution in [0.1, 0.15) is 5.82 Å². The Morgan fingerprint density at radius 3 is 2.89 bits per heavy atom. The number of fused-ring (bicyclic) bond motifs is 2. The number of hydrogen-bond donors (Lipinski definition) is 1. The first-order chi connectivity index (χ1) is 9.31. The molecule has 4 rings (SSSR count). The van der Waals surface area contributed by atoms with Crippen LogP contribution in [0, 0.1) is 6.92 Å². The maximum atomic E-state index is 4.48. The summed E-state index contributed by atoms with van der Waals surface area (Å²) < 4.78 is 1.87. The molecule has 6 nitrogen and oxygen atoms in total. The Hall–Kier alpha value is -2.76. The number of aryl methyl sites for hydroxylation is 1. The van der Waals surface area contributed by atoms with Crippen LogP contribution in [0.25, 0.3) is 28.1 Å². The van der Waals surface area contributed by atoms with Gasteiger partial charge in [0.1, 0.15) is 17.7 Å². The van der Waals surface area contributed by atoms with E-state index in [0.29, 0.717) is 5.95 Å². The van der Waals surface area contributed by atoms with E-state index in [2.05, 4.69) is 24.9 Å². The largest absolute Gasteiger partial charge is 0.327 e. The summed E-state index contributed by atoms with van der Waals surface area (Å²) in [5, 5.41) is 0. The second kappa shape index (κ2) is 3.61. The maximum absolute atomic E-state index is 4.48. The summed E-state index contributed by atoms with van der Waals surface area (Å²) >= 11 is 0. The molecular weight excluding hydrogens is 240 g/mol. The minimum absolute atomic E-state index is 0.588. The molecule has 6 heteroatoms. The predicted octanol–water partition coefficient (Wildman–Crippen LogP) is 2.00. The number of nitrogens with one attached hydrogen (secondary N) is 1. The zero-order chi connectivity index (χ0) is 12.8. The highest BCUT2D eigenvalue weighted by atomic mass is 15.2. The van der Waals surface area contributed by atoms with Crippen molar-refractivity contribution < 1.29 is 0 Å². The molecule has 4 aromatic rings. The second-order valence-corrected chi connectivity index (χ2v) is 4.33. The number of H-pyrrole nitrogens is 1. The molecule has 0 radical (unpaired) electrons. The fourth-order valence-electron chi connectivity index (χ4n) is 2.15. The molecule has 0 unspecified atom stereocenters. The Labute approximate surface area is 108 Å². The van der Waals surface area contributed by atoms with Gasteiger partial charge in [-0.3, -0.25) is 4.57 Å². The van der Waals surface area contributed by atoms with Crippen LogP contribution in [0.15, 0.2) is 36.8 Å². The minimum Gasteiger partial charge on any atom is -0.327 e. The molecule has 0 fully saturated rings. The van der Waals surface area contributed by atoms with Crippen molar-refractivity contribution >= 4 is 22.2 Å². The Morgan fingerprint density at radius 1 is 1.05 bits per heavy atom. The van der Waals surface area contributed by atoms with Crippen LogP contribution in [0.5, 0.6) is 0 Å². The van der Waals surface area contributed by atoms with E-state index in [-0.39, 0.29) is 0 Å². The van der Waals surface area contributed by atoms with Crippen molar-refractivity contribution in [3.05, 3.63) is 42.6 Å². The summed E-state index contributed by atoms with van der Waals surface area (Å²) in [4.78, 5) is 20.6. The Bertz CT molecular complexity index is 888. The van der Waals surface area contributed by atoms with E-state index in [4.69, 9.17) is 0 Å². The molecule has 0 aliphatic rings. The molecular formula is C13H10N6. The Balaban J connectivity index is 1.98. The standard InChI is InChI=1S/C13H10N6/c1-8-16-10-6-14-13(18-12(10)17-8)19-7-15-9-4-2-3-5-11(9)19/h2-7H,1H3,(H,14,16,17,18). The Morgan fingerprint density at radius 2 is 1.95 bits per heavy atom. The molecule has 0 bridgehead atoms. The third-order valence-electron chi connectivity index (χ3n) is 3.01. The lowest BCUT2D eigenvalue weighted by Gasteiger charge is -2.01. The van der Waals surface area contributed by atoms with E-state index >= 15 is 0 Å². The molecule has 0 spiro atoms. The van der Waals surface area contributed by atoms with E-state index in [9.17, 15) is 0 Å². The number of aromatic amines is 1. The monoisotopic (exact) mass is 250 g/mol. The number of benzene rings is 1. The molecule has 3 heterocycles. The third kappa shape index (κ3) is 1.50. The van der Waals surface area contributed by atoms with Crippen molar-refractivity contribution in [2.45, 2.75) is 6.92 Å². The van der Waals surface area contributed by atoms with E-state index in [1.165, 1.54) is 0 Å². The first-order valence-corrected chi connectivity index (χ1v) is 5.93. The van der Waals surface area contributed by atoms with Gasteiger partial charge in [-0.15, -0.1) is 0 Å². The summed E-state index contributed by atoms with van der Waals surface area (Å²) in [6.07, 6.45) is 3.45. The second-order valence-electron chi connectivity index (χ2n) is 4.33. The number of hydrogen-bond acceptors (Lipinski definition) is 4. The van der Waals surface area contributed by atoms with E-state index < -0.39 is 0 Å². The van der Waals surface area contributed by atoms with Crippen molar-refractivity contribution in [1.29, 1.82) is 0 Å². The lowest BCUT2D eigenvalue weighted by molar-refractivity contribution is 0.961. The summed E-state index contributed by atoms with van der Waals surface area (Å²) in [6.45, 7) is 1.90. The van der Waals surface area contributed by atoms with Gasteiger partial charge in [0.2, 0.25) is 5.95 Å². The van der Waals surface area contributed by atoms with Crippen molar-refractivity contribution in [3.8, 4) is 5.95 Å². The third-order valence-corrected chi connectivity index (χ3v) is 3.01. The van der Waals surface area contributed by atoms with Gasteiger partial charge in [-0.25, -0.2) is 15.0 Å². The van der Waals surface area contributed by atoms with Gasteiger partial charge in [-0.05, 0) is 19.1 Å². The van der Waals surface area contributed by atoms with Crippen LogP contribution in [-0.2, 0) is 0 Å². The zero-order valence-electron chi connectivity index (χ0n) is 10.2. The molecule has 0 amide bonds. The molecule has 19 heavy (non-hydrogen) atoms. The van der Waals surface area contributed by atoms with Crippen molar-refractivity contribution in [2.24, 2.45) is 0 Å².